The van der Waals surface area contributed by atoms with Crippen LogP contribution in [0.25, 0.3) is 0 Å². The monoisotopic (exact) mass is 271 g/mol. The zero-order valence-corrected chi connectivity index (χ0v) is 11.1. The van der Waals surface area contributed by atoms with E-state index >= 15 is 0 Å². The summed E-state index contributed by atoms with van der Waals surface area (Å²) in [5.74, 6) is 0.624. The number of anilines is 4. The molecule has 2 aromatic rings. The Bertz CT molecular complexity index is 566. The van der Waals surface area contributed by atoms with Crippen molar-refractivity contribution >= 4 is 22.9 Å². The summed E-state index contributed by atoms with van der Waals surface area (Å²) in [6, 6.07) is 8.22. The quantitative estimate of drug-likeness (QED) is 0.883. The van der Waals surface area contributed by atoms with Crippen molar-refractivity contribution in [1.29, 1.82) is 0 Å². The lowest BCUT2D eigenvalue weighted by Gasteiger charge is -2.28. The molecule has 1 aliphatic heterocycles. The summed E-state index contributed by atoms with van der Waals surface area (Å²) in [6.45, 7) is 3.45. The number of benzene rings is 1. The van der Waals surface area contributed by atoms with Crippen LogP contribution >= 0.6 is 0 Å². The molecule has 1 saturated heterocycles. The lowest BCUT2D eigenvalue weighted by atomic mass is 10.2. The maximum absolute atomic E-state index is 5.81. The van der Waals surface area contributed by atoms with Crippen molar-refractivity contribution in [2.24, 2.45) is 0 Å². The van der Waals surface area contributed by atoms with Gasteiger partial charge in [0.1, 0.15) is 6.33 Å². The summed E-state index contributed by atoms with van der Waals surface area (Å²) < 4.78 is 5.36. The van der Waals surface area contributed by atoms with Crippen molar-refractivity contribution in [3.63, 3.8) is 0 Å². The van der Waals surface area contributed by atoms with Crippen LogP contribution in [0.1, 0.15) is 0 Å². The molecule has 6 heteroatoms. The highest BCUT2D eigenvalue weighted by Gasteiger charge is 2.10. The predicted molar refractivity (Wildman–Crippen MR) is 79.2 cm³/mol. The van der Waals surface area contributed by atoms with Crippen LogP contribution in [-0.2, 0) is 4.74 Å². The van der Waals surface area contributed by atoms with Crippen LogP contribution in [0, 0.1) is 0 Å². The molecule has 2 heterocycles. The molecule has 0 bridgehead atoms. The predicted octanol–water partition coefficient (Wildman–Crippen LogP) is 1.64. The average molecular weight is 271 g/mol. The van der Waals surface area contributed by atoms with Crippen LogP contribution in [0.5, 0.6) is 0 Å². The maximum Gasteiger partial charge on any atom is 0.157 e. The molecule has 0 unspecified atom stereocenters. The van der Waals surface area contributed by atoms with E-state index in [2.05, 4.69) is 32.3 Å². The Morgan fingerprint density at radius 2 is 1.90 bits per heavy atom. The molecule has 0 amide bonds. The third-order valence-corrected chi connectivity index (χ3v) is 3.25. The van der Waals surface area contributed by atoms with Gasteiger partial charge in [-0.15, -0.1) is 0 Å². The van der Waals surface area contributed by atoms with Gasteiger partial charge in [0.05, 0.1) is 25.1 Å². The highest BCUT2D eigenvalue weighted by atomic mass is 16.5. The summed E-state index contributed by atoms with van der Waals surface area (Å²) in [6.07, 6.45) is 3.05. The number of nitrogens with zero attached hydrogens (tertiary/aromatic N) is 3. The number of nitrogens with one attached hydrogen (secondary N) is 1. The first-order valence-corrected chi connectivity index (χ1v) is 6.58. The fourth-order valence-corrected chi connectivity index (χ4v) is 2.16. The molecule has 1 aromatic heterocycles. The van der Waals surface area contributed by atoms with Crippen LogP contribution < -0.4 is 16.0 Å². The summed E-state index contributed by atoms with van der Waals surface area (Å²) in [5.41, 5.74) is 8.49. The second kappa shape index (κ2) is 5.75. The highest BCUT2D eigenvalue weighted by molar-refractivity contribution is 5.68. The lowest BCUT2D eigenvalue weighted by Crippen LogP contribution is -2.36. The van der Waals surface area contributed by atoms with Crippen LogP contribution in [0.15, 0.2) is 36.8 Å². The molecule has 3 rings (SSSR count). The molecule has 20 heavy (non-hydrogen) atoms. The van der Waals surface area contributed by atoms with Crippen LogP contribution in [0.3, 0.4) is 0 Å². The topological polar surface area (TPSA) is 76.3 Å². The largest absolute Gasteiger partial charge is 0.394 e. The van der Waals surface area contributed by atoms with Gasteiger partial charge in [0.25, 0.3) is 0 Å². The SMILES string of the molecule is Nc1cncnc1Nc1ccc(N2CCOCC2)cc1. The molecule has 3 N–H and O–H groups in total. The third-order valence-electron chi connectivity index (χ3n) is 3.25. The first kappa shape index (κ1) is 12.7. The van der Waals surface area contributed by atoms with E-state index in [1.165, 1.54) is 12.0 Å². The van der Waals surface area contributed by atoms with Gasteiger partial charge in [-0.2, -0.15) is 0 Å². The van der Waals surface area contributed by atoms with Crippen molar-refractivity contribution < 1.29 is 4.74 Å². The smallest absolute Gasteiger partial charge is 0.157 e. The molecule has 0 atom stereocenters. The minimum Gasteiger partial charge on any atom is -0.394 e. The van der Waals surface area contributed by atoms with Crippen LogP contribution in [0.4, 0.5) is 22.9 Å². The Balaban J connectivity index is 1.71. The van der Waals surface area contributed by atoms with Gasteiger partial charge in [-0.25, -0.2) is 9.97 Å². The van der Waals surface area contributed by atoms with Crippen molar-refractivity contribution in [2.45, 2.75) is 0 Å². The number of ether oxygens (including phenoxy) is 1. The van der Waals surface area contributed by atoms with Crippen molar-refractivity contribution in [3.05, 3.63) is 36.8 Å². The van der Waals surface area contributed by atoms with Gasteiger partial charge in [0.15, 0.2) is 5.82 Å². The van der Waals surface area contributed by atoms with Gasteiger partial charge < -0.3 is 20.7 Å². The molecule has 0 saturated carbocycles. The van der Waals surface area contributed by atoms with E-state index in [-0.39, 0.29) is 0 Å². The summed E-state index contributed by atoms with van der Waals surface area (Å²) in [7, 11) is 0. The van der Waals surface area contributed by atoms with Gasteiger partial charge in [0, 0.05) is 24.5 Å². The fourth-order valence-electron chi connectivity index (χ4n) is 2.16. The highest BCUT2D eigenvalue weighted by Crippen LogP contribution is 2.23. The number of rotatable bonds is 3. The summed E-state index contributed by atoms with van der Waals surface area (Å²) >= 11 is 0. The van der Waals surface area contributed by atoms with Crippen molar-refractivity contribution in [1.82, 2.24) is 9.97 Å². The van der Waals surface area contributed by atoms with Gasteiger partial charge in [-0.3, -0.25) is 0 Å². The van der Waals surface area contributed by atoms with Crippen LogP contribution in [0.2, 0.25) is 0 Å². The van der Waals surface area contributed by atoms with Gasteiger partial charge in [-0.1, -0.05) is 0 Å². The number of morpholine rings is 1. The van der Waals surface area contributed by atoms with Gasteiger partial charge >= 0.3 is 0 Å². The minimum absolute atomic E-state index is 0.532. The Morgan fingerprint density at radius 3 is 2.60 bits per heavy atom. The average Bonchev–Trinajstić information content (AvgIpc) is 2.51. The number of nitrogen functional groups attached to an aromatic ring is 1. The minimum atomic E-state index is 0.532. The third kappa shape index (κ3) is 2.80. The van der Waals surface area contributed by atoms with Crippen molar-refractivity contribution in [2.75, 3.05) is 42.3 Å². The van der Waals surface area contributed by atoms with Gasteiger partial charge in [-0.05, 0) is 24.3 Å². The first-order chi connectivity index (χ1) is 9.83. The Labute approximate surface area is 117 Å². The standard InChI is InChI=1S/C14H17N5O/c15-13-9-16-10-17-14(13)18-11-1-3-12(4-2-11)19-5-7-20-8-6-19/h1-4,9-10H,5-8,15H2,(H,16,17,18). The number of aromatic nitrogens is 2. The van der Waals surface area contributed by atoms with E-state index in [1.54, 1.807) is 6.20 Å². The number of hydrogen-bond donors (Lipinski definition) is 2. The summed E-state index contributed by atoms with van der Waals surface area (Å²) in [4.78, 5) is 10.3. The Kier molecular flexibility index (Phi) is 3.64. The molecule has 6 nitrogen and oxygen atoms in total. The molecule has 0 radical (unpaired) electrons. The number of hydrogen-bond acceptors (Lipinski definition) is 6. The molecular formula is C14H17N5O. The molecule has 0 aliphatic carbocycles. The number of nitrogens with two attached hydrogens (primary N) is 1. The molecule has 104 valence electrons. The zero-order chi connectivity index (χ0) is 13.8. The zero-order valence-electron chi connectivity index (χ0n) is 11.1. The normalized spacial score (nSPS) is 15.1. The fraction of sp³-hybridized carbons (Fsp3) is 0.286. The Hall–Kier alpha value is -2.34. The second-order valence-electron chi connectivity index (χ2n) is 4.60. The Morgan fingerprint density at radius 1 is 1.15 bits per heavy atom. The van der Waals surface area contributed by atoms with Crippen molar-refractivity contribution in [3.8, 4) is 0 Å². The lowest BCUT2D eigenvalue weighted by molar-refractivity contribution is 0.122. The van der Waals surface area contributed by atoms with E-state index in [0.717, 1.165) is 32.0 Å². The first-order valence-electron chi connectivity index (χ1n) is 6.58. The van der Waals surface area contributed by atoms with E-state index in [0.29, 0.717) is 11.5 Å². The van der Waals surface area contributed by atoms with E-state index in [4.69, 9.17) is 10.5 Å². The van der Waals surface area contributed by atoms with Crippen LogP contribution in [-0.4, -0.2) is 36.3 Å². The van der Waals surface area contributed by atoms with E-state index in [9.17, 15) is 0 Å². The van der Waals surface area contributed by atoms with E-state index < -0.39 is 0 Å². The maximum atomic E-state index is 5.81. The second-order valence-corrected chi connectivity index (χ2v) is 4.60. The summed E-state index contributed by atoms with van der Waals surface area (Å²) in [5, 5.41) is 3.18. The molecule has 1 fully saturated rings. The molecule has 1 aromatic carbocycles. The van der Waals surface area contributed by atoms with Gasteiger partial charge in [0.2, 0.25) is 0 Å². The molecular weight excluding hydrogens is 254 g/mol. The molecule has 1 aliphatic rings. The molecule has 0 spiro atoms. The van der Waals surface area contributed by atoms with E-state index in [1.807, 2.05) is 12.1 Å².